The standard InChI is InChI=1S/C15H13Cl2N/c16-11-5-6-14(17)13(9-11)15-12-4-2-1-3-10(12)7-8-18-15/h1-6,9,15,18H,7-8H2. The van der Waals surface area contributed by atoms with Crippen LogP contribution in [0, 0.1) is 0 Å². The average molecular weight is 278 g/mol. The Balaban J connectivity index is 2.11. The molecule has 0 radical (unpaired) electrons. The first kappa shape index (κ1) is 12.0. The van der Waals surface area contributed by atoms with E-state index in [4.69, 9.17) is 23.2 Å². The summed E-state index contributed by atoms with van der Waals surface area (Å²) < 4.78 is 0. The lowest BCUT2D eigenvalue weighted by molar-refractivity contribution is 0.568. The molecule has 18 heavy (non-hydrogen) atoms. The van der Waals surface area contributed by atoms with Crippen molar-refractivity contribution in [3.63, 3.8) is 0 Å². The highest BCUT2D eigenvalue weighted by Gasteiger charge is 2.22. The Bertz CT molecular complexity index is 580. The van der Waals surface area contributed by atoms with Gasteiger partial charge < -0.3 is 5.32 Å². The van der Waals surface area contributed by atoms with Crippen molar-refractivity contribution in [3.8, 4) is 0 Å². The van der Waals surface area contributed by atoms with Crippen molar-refractivity contribution in [3.05, 3.63) is 69.2 Å². The molecule has 1 heterocycles. The maximum atomic E-state index is 6.30. The summed E-state index contributed by atoms with van der Waals surface area (Å²) in [7, 11) is 0. The molecule has 0 aliphatic carbocycles. The van der Waals surface area contributed by atoms with Gasteiger partial charge in [-0.1, -0.05) is 47.5 Å². The molecule has 92 valence electrons. The van der Waals surface area contributed by atoms with Crippen molar-refractivity contribution in [2.75, 3.05) is 6.54 Å². The van der Waals surface area contributed by atoms with Crippen LogP contribution >= 0.6 is 23.2 Å². The summed E-state index contributed by atoms with van der Waals surface area (Å²) in [6.07, 6.45) is 1.06. The van der Waals surface area contributed by atoms with Gasteiger partial charge in [0.05, 0.1) is 6.04 Å². The molecule has 0 saturated carbocycles. The highest BCUT2D eigenvalue weighted by molar-refractivity contribution is 6.33. The molecule has 3 rings (SSSR count). The van der Waals surface area contributed by atoms with Crippen molar-refractivity contribution in [1.82, 2.24) is 5.32 Å². The fourth-order valence-corrected chi connectivity index (χ4v) is 2.93. The molecule has 1 unspecified atom stereocenters. The SMILES string of the molecule is Clc1ccc(Cl)c(C2NCCc3ccccc32)c1. The molecule has 0 spiro atoms. The fourth-order valence-electron chi connectivity index (χ4n) is 2.52. The van der Waals surface area contributed by atoms with Crippen molar-refractivity contribution in [2.24, 2.45) is 0 Å². The van der Waals surface area contributed by atoms with Gasteiger partial charge in [0.1, 0.15) is 0 Å². The summed E-state index contributed by atoms with van der Waals surface area (Å²) in [5.74, 6) is 0. The van der Waals surface area contributed by atoms with Crippen molar-refractivity contribution >= 4 is 23.2 Å². The maximum Gasteiger partial charge on any atom is 0.0594 e. The zero-order valence-electron chi connectivity index (χ0n) is 9.79. The average Bonchev–Trinajstić information content (AvgIpc) is 2.41. The monoisotopic (exact) mass is 277 g/mol. The maximum absolute atomic E-state index is 6.30. The summed E-state index contributed by atoms with van der Waals surface area (Å²) in [6, 6.07) is 14.3. The van der Waals surface area contributed by atoms with Crippen LogP contribution < -0.4 is 5.32 Å². The number of fused-ring (bicyclic) bond motifs is 1. The second-order valence-electron chi connectivity index (χ2n) is 4.50. The quantitative estimate of drug-likeness (QED) is 0.823. The van der Waals surface area contributed by atoms with E-state index >= 15 is 0 Å². The minimum Gasteiger partial charge on any atom is -0.306 e. The lowest BCUT2D eigenvalue weighted by Crippen LogP contribution is -2.30. The summed E-state index contributed by atoms with van der Waals surface area (Å²) in [4.78, 5) is 0. The summed E-state index contributed by atoms with van der Waals surface area (Å²) in [6.45, 7) is 0.963. The van der Waals surface area contributed by atoms with Gasteiger partial charge in [-0.3, -0.25) is 0 Å². The van der Waals surface area contributed by atoms with E-state index in [0.29, 0.717) is 0 Å². The van der Waals surface area contributed by atoms with Crippen LogP contribution in [0.25, 0.3) is 0 Å². The number of halogens is 2. The van der Waals surface area contributed by atoms with Crippen LogP contribution in [0.1, 0.15) is 22.7 Å². The highest BCUT2D eigenvalue weighted by atomic mass is 35.5. The van der Waals surface area contributed by atoms with Crippen LogP contribution in [0.15, 0.2) is 42.5 Å². The molecular weight excluding hydrogens is 265 g/mol. The van der Waals surface area contributed by atoms with Crippen molar-refractivity contribution < 1.29 is 0 Å². The van der Waals surface area contributed by atoms with E-state index < -0.39 is 0 Å². The second-order valence-corrected chi connectivity index (χ2v) is 5.35. The number of benzene rings is 2. The van der Waals surface area contributed by atoms with Gasteiger partial charge in [-0.15, -0.1) is 0 Å². The molecule has 0 aromatic heterocycles. The molecule has 0 saturated heterocycles. The van der Waals surface area contributed by atoms with Gasteiger partial charge in [-0.25, -0.2) is 0 Å². The molecule has 2 aromatic rings. The van der Waals surface area contributed by atoms with Crippen LogP contribution in [0.5, 0.6) is 0 Å². The molecule has 0 amide bonds. The zero-order chi connectivity index (χ0) is 12.5. The number of hydrogen-bond donors (Lipinski definition) is 1. The van der Waals surface area contributed by atoms with Crippen LogP contribution in [0.4, 0.5) is 0 Å². The summed E-state index contributed by atoms with van der Waals surface area (Å²) in [5, 5.41) is 5.00. The van der Waals surface area contributed by atoms with Crippen molar-refractivity contribution in [1.29, 1.82) is 0 Å². The minimum absolute atomic E-state index is 0.140. The molecule has 1 nitrogen and oxygen atoms in total. The van der Waals surface area contributed by atoms with E-state index in [0.717, 1.165) is 28.6 Å². The van der Waals surface area contributed by atoms with Gasteiger partial charge in [-0.05, 0) is 41.3 Å². The van der Waals surface area contributed by atoms with Gasteiger partial charge in [0.25, 0.3) is 0 Å². The first-order valence-electron chi connectivity index (χ1n) is 6.02. The molecule has 1 atom stereocenters. The Hall–Kier alpha value is -1.02. The largest absolute Gasteiger partial charge is 0.306 e. The van der Waals surface area contributed by atoms with E-state index in [2.05, 4.69) is 29.6 Å². The van der Waals surface area contributed by atoms with Crippen LogP contribution in [-0.2, 0) is 6.42 Å². The fraction of sp³-hybridized carbons (Fsp3) is 0.200. The van der Waals surface area contributed by atoms with Gasteiger partial charge in [0, 0.05) is 16.6 Å². The van der Waals surface area contributed by atoms with Crippen LogP contribution in [0.2, 0.25) is 10.0 Å². The second kappa shape index (κ2) is 4.93. The lowest BCUT2D eigenvalue weighted by atomic mass is 9.90. The van der Waals surface area contributed by atoms with Gasteiger partial charge in [0.15, 0.2) is 0 Å². The van der Waals surface area contributed by atoms with Crippen LogP contribution in [-0.4, -0.2) is 6.54 Å². The molecule has 1 aliphatic heterocycles. The summed E-state index contributed by atoms with van der Waals surface area (Å²) in [5.41, 5.74) is 3.74. The predicted molar refractivity (Wildman–Crippen MR) is 76.5 cm³/mol. The van der Waals surface area contributed by atoms with Crippen molar-refractivity contribution in [2.45, 2.75) is 12.5 Å². The van der Waals surface area contributed by atoms with Gasteiger partial charge >= 0.3 is 0 Å². The molecule has 0 bridgehead atoms. The normalized spacial score (nSPS) is 18.4. The molecule has 0 fully saturated rings. The molecule has 2 aromatic carbocycles. The predicted octanol–water partition coefficient (Wildman–Crippen LogP) is 4.23. The van der Waals surface area contributed by atoms with Gasteiger partial charge in [-0.2, -0.15) is 0 Å². The van der Waals surface area contributed by atoms with Gasteiger partial charge in [0.2, 0.25) is 0 Å². The number of rotatable bonds is 1. The Morgan fingerprint density at radius 2 is 1.83 bits per heavy atom. The van der Waals surface area contributed by atoms with E-state index in [1.807, 2.05) is 18.2 Å². The Kier molecular flexibility index (Phi) is 3.29. The topological polar surface area (TPSA) is 12.0 Å². The lowest BCUT2D eigenvalue weighted by Gasteiger charge is -2.28. The molecule has 1 aliphatic rings. The first-order valence-corrected chi connectivity index (χ1v) is 6.77. The number of hydrogen-bond acceptors (Lipinski definition) is 1. The Labute approximate surface area is 117 Å². The van der Waals surface area contributed by atoms with E-state index in [1.54, 1.807) is 0 Å². The highest BCUT2D eigenvalue weighted by Crippen LogP contribution is 2.34. The van der Waals surface area contributed by atoms with Crippen LogP contribution in [0.3, 0.4) is 0 Å². The smallest absolute Gasteiger partial charge is 0.0594 e. The van der Waals surface area contributed by atoms with E-state index in [-0.39, 0.29) is 6.04 Å². The van der Waals surface area contributed by atoms with E-state index in [9.17, 15) is 0 Å². The molecule has 3 heteroatoms. The Morgan fingerprint density at radius 3 is 2.72 bits per heavy atom. The number of nitrogens with one attached hydrogen (secondary N) is 1. The molecular formula is C15H13Cl2N. The Morgan fingerprint density at radius 1 is 1.00 bits per heavy atom. The molecule has 1 N–H and O–H groups in total. The third kappa shape index (κ3) is 2.14. The third-order valence-corrected chi connectivity index (χ3v) is 3.96. The first-order chi connectivity index (χ1) is 8.75. The minimum atomic E-state index is 0.140. The third-order valence-electron chi connectivity index (χ3n) is 3.38. The van der Waals surface area contributed by atoms with E-state index in [1.165, 1.54) is 11.1 Å². The summed E-state index contributed by atoms with van der Waals surface area (Å²) >= 11 is 12.4. The zero-order valence-corrected chi connectivity index (χ0v) is 11.3.